The van der Waals surface area contributed by atoms with Gasteiger partial charge < -0.3 is 9.47 Å². The van der Waals surface area contributed by atoms with Gasteiger partial charge in [-0.15, -0.1) is 0 Å². The molecule has 0 atom stereocenters. The third-order valence-electron chi connectivity index (χ3n) is 5.08. The van der Waals surface area contributed by atoms with Gasteiger partial charge in [0.15, 0.2) is 5.79 Å². The summed E-state index contributed by atoms with van der Waals surface area (Å²) >= 11 is 0. The first-order valence-electron chi connectivity index (χ1n) is 8.63. The molecule has 27 heavy (non-hydrogen) atoms. The molecule has 1 saturated carbocycles. The molecular weight excluding hydrogens is 364 g/mol. The van der Waals surface area contributed by atoms with Gasteiger partial charge in [-0.1, -0.05) is 48.0 Å². The highest BCUT2D eigenvalue weighted by Gasteiger charge is 2.56. The van der Waals surface area contributed by atoms with Gasteiger partial charge in [-0.25, -0.2) is 4.83 Å². The molecule has 0 aromatic heterocycles. The Hall–Kier alpha value is -2.22. The van der Waals surface area contributed by atoms with Gasteiger partial charge in [-0.2, -0.15) is 13.5 Å². The van der Waals surface area contributed by atoms with E-state index in [0.717, 1.165) is 11.1 Å². The van der Waals surface area contributed by atoms with Crippen molar-refractivity contribution in [2.75, 3.05) is 14.2 Å². The zero-order chi connectivity index (χ0) is 19.5. The van der Waals surface area contributed by atoms with Crippen LogP contribution in [-0.2, 0) is 24.9 Å². The van der Waals surface area contributed by atoms with Crippen LogP contribution in [0.15, 0.2) is 64.6 Å². The Balaban J connectivity index is 1.82. The maximum absolute atomic E-state index is 12.4. The lowest BCUT2D eigenvalue weighted by Gasteiger charge is -2.52. The molecule has 1 fully saturated rings. The fourth-order valence-electron chi connectivity index (χ4n) is 3.41. The number of hydrogen-bond donors (Lipinski definition) is 1. The van der Waals surface area contributed by atoms with Gasteiger partial charge in [-0.3, -0.25) is 0 Å². The molecule has 7 heteroatoms. The summed E-state index contributed by atoms with van der Waals surface area (Å²) in [7, 11) is -0.502. The molecular formula is C20H24N2O4S. The van der Waals surface area contributed by atoms with E-state index < -0.39 is 21.2 Å². The Morgan fingerprint density at radius 3 is 2.15 bits per heavy atom. The number of sulfonamides is 1. The van der Waals surface area contributed by atoms with E-state index in [2.05, 4.69) is 9.93 Å². The Morgan fingerprint density at radius 2 is 1.59 bits per heavy atom. The molecule has 0 aliphatic heterocycles. The van der Waals surface area contributed by atoms with Crippen LogP contribution in [0.5, 0.6) is 0 Å². The molecule has 1 aliphatic carbocycles. The van der Waals surface area contributed by atoms with Crippen LogP contribution < -0.4 is 4.83 Å². The number of rotatable bonds is 7. The SMILES string of the molecule is COC1(OC)CC(/C=N/NS(=O)(=O)c2ccc(C)cc2)(c2ccccc2)C1. The Morgan fingerprint density at radius 1 is 1.00 bits per heavy atom. The Bertz CT molecular complexity index is 897. The largest absolute Gasteiger partial charge is 0.353 e. The summed E-state index contributed by atoms with van der Waals surface area (Å²) in [6.45, 7) is 1.90. The number of ether oxygens (including phenoxy) is 2. The van der Waals surface area contributed by atoms with Gasteiger partial charge in [0, 0.05) is 38.7 Å². The normalized spacial score (nSPS) is 18.2. The third kappa shape index (κ3) is 3.90. The number of aryl methyl sites for hydroxylation is 1. The van der Waals surface area contributed by atoms with Gasteiger partial charge in [-0.05, 0) is 24.6 Å². The van der Waals surface area contributed by atoms with Crippen molar-refractivity contribution in [1.29, 1.82) is 0 Å². The van der Waals surface area contributed by atoms with Crippen LogP contribution in [0.3, 0.4) is 0 Å². The molecule has 0 amide bonds. The number of hydrazone groups is 1. The van der Waals surface area contributed by atoms with E-state index in [4.69, 9.17) is 9.47 Å². The number of hydrogen-bond acceptors (Lipinski definition) is 5. The number of methoxy groups -OCH3 is 2. The van der Waals surface area contributed by atoms with Crippen molar-refractivity contribution < 1.29 is 17.9 Å². The predicted octanol–water partition coefficient (Wildman–Crippen LogP) is 2.98. The zero-order valence-corrected chi connectivity index (χ0v) is 16.5. The van der Waals surface area contributed by atoms with Crippen LogP contribution >= 0.6 is 0 Å². The van der Waals surface area contributed by atoms with Crippen molar-refractivity contribution >= 4 is 16.2 Å². The number of benzene rings is 2. The van der Waals surface area contributed by atoms with Crippen LogP contribution in [0.2, 0.25) is 0 Å². The second-order valence-corrected chi connectivity index (χ2v) is 8.52. The average Bonchev–Trinajstić information content (AvgIpc) is 2.65. The molecule has 0 saturated heterocycles. The average molecular weight is 388 g/mol. The first-order chi connectivity index (χ1) is 12.8. The summed E-state index contributed by atoms with van der Waals surface area (Å²) in [5.41, 5.74) is 1.57. The third-order valence-corrected chi connectivity index (χ3v) is 6.32. The zero-order valence-electron chi connectivity index (χ0n) is 15.7. The van der Waals surface area contributed by atoms with E-state index in [1.807, 2.05) is 37.3 Å². The molecule has 0 spiro atoms. The van der Waals surface area contributed by atoms with E-state index in [9.17, 15) is 8.42 Å². The second-order valence-electron chi connectivity index (χ2n) is 6.86. The van der Waals surface area contributed by atoms with Gasteiger partial charge in [0.05, 0.1) is 4.90 Å². The van der Waals surface area contributed by atoms with Gasteiger partial charge in [0.1, 0.15) is 0 Å². The molecule has 0 heterocycles. The fourth-order valence-corrected chi connectivity index (χ4v) is 4.20. The molecule has 3 rings (SSSR count). The Kier molecular flexibility index (Phi) is 5.37. The summed E-state index contributed by atoms with van der Waals surface area (Å²) < 4.78 is 35.9. The molecule has 0 radical (unpaired) electrons. The minimum absolute atomic E-state index is 0.177. The van der Waals surface area contributed by atoms with E-state index in [0.29, 0.717) is 12.8 Å². The molecule has 2 aromatic rings. The summed E-state index contributed by atoms with van der Waals surface area (Å²) in [6, 6.07) is 16.4. The van der Waals surface area contributed by atoms with Gasteiger partial charge in [0.25, 0.3) is 10.0 Å². The van der Waals surface area contributed by atoms with E-state index in [1.54, 1.807) is 44.7 Å². The molecule has 6 nitrogen and oxygen atoms in total. The molecule has 0 unspecified atom stereocenters. The highest BCUT2D eigenvalue weighted by Crippen LogP contribution is 2.51. The maximum atomic E-state index is 12.4. The van der Waals surface area contributed by atoms with Gasteiger partial charge >= 0.3 is 0 Å². The van der Waals surface area contributed by atoms with Crippen molar-refractivity contribution in [2.45, 2.75) is 35.9 Å². The van der Waals surface area contributed by atoms with Crippen LogP contribution in [0, 0.1) is 6.92 Å². The number of nitrogens with one attached hydrogen (secondary N) is 1. The van der Waals surface area contributed by atoms with E-state index in [1.165, 1.54) is 0 Å². The standard InChI is InChI=1S/C20H24N2O4S/c1-16-9-11-18(12-10-16)27(23,24)22-21-15-19(17-7-5-4-6-8-17)13-20(14-19,25-2)26-3/h4-12,15,22H,13-14H2,1-3H3/b21-15+. The minimum atomic E-state index is -3.72. The highest BCUT2D eigenvalue weighted by molar-refractivity contribution is 7.89. The van der Waals surface area contributed by atoms with Crippen molar-refractivity contribution in [1.82, 2.24) is 4.83 Å². The summed E-state index contributed by atoms with van der Waals surface area (Å²) in [5.74, 6) is -0.683. The van der Waals surface area contributed by atoms with Crippen LogP contribution in [0.1, 0.15) is 24.0 Å². The molecule has 1 aliphatic rings. The fraction of sp³-hybridized carbons (Fsp3) is 0.350. The smallest absolute Gasteiger partial charge is 0.276 e. The number of nitrogens with zero attached hydrogens (tertiary/aromatic N) is 1. The van der Waals surface area contributed by atoms with Crippen molar-refractivity contribution in [2.24, 2.45) is 5.10 Å². The molecule has 1 N–H and O–H groups in total. The first kappa shape index (κ1) is 19.5. The molecule has 2 aromatic carbocycles. The second kappa shape index (κ2) is 7.42. The van der Waals surface area contributed by atoms with Crippen molar-refractivity contribution in [3.63, 3.8) is 0 Å². The summed E-state index contributed by atoms with van der Waals surface area (Å²) in [6.07, 6.45) is 2.74. The van der Waals surface area contributed by atoms with E-state index >= 15 is 0 Å². The summed E-state index contributed by atoms with van der Waals surface area (Å²) in [4.78, 5) is 2.49. The summed E-state index contributed by atoms with van der Waals surface area (Å²) in [5, 5.41) is 4.07. The predicted molar refractivity (Wildman–Crippen MR) is 104 cm³/mol. The van der Waals surface area contributed by atoms with Crippen molar-refractivity contribution in [3.8, 4) is 0 Å². The van der Waals surface area contributed by atoms with E-state index in [-0.39, 0.29) is 4.90 Å². The first-order valence-corrected chi connectivity index (χ1v) is 10.1. The molecule has 0 bridgehead atoms. The van der Waals surface area contributed by atoms with Crippen LogP contribution in [0.4, 0.5) is 0 Å². The van der Waals surface area contributed by atoms with Crippen LogP contribution in [-0.4, -0.2) is 34.6 Å². The van der Waals surface area contributed by atoms with Crippen LogP contribution in [0.25, 0.3) is 0 Å². The van der Waals surface area contributed by atoms with Gasteiger partial charge in [0.2, 0.25) is 0 Å². The quantitative estimate of drug-likeness (QED) is 0.449. The lowest BCUT2D eigenvalue weighted by Crippen LogP contribution is -2.58. The lowest BCUT2D eigenvalue weighted by molar-refractivity contribution is -0.266. The Labute approximate surface area is 160 Å². The molecule has 144 valence electrons. The topological polar surface area (TPSA) is 77.0 Å². The monoisotopic (exact) mass is 388 g/mol. The highest BCUT2D eigenvalue weighted by atomic mass is 32.2. The maximum Gasteiger partial charge on any atom is 0.276 e. The lowest BCUT2D eigenvalue weighted by atomic mass is 9.61. The minimum Gasteiger partial charge on any atom is -0.353 e. The van der Waals surface area contributed by atoms with Crippen molar-refractivity contribution in [3.05, 3.63) is 65.7 Å².